The summed E-state index contributed by atoms with van der Waals surface area (Å²) < 4.78 is 1.54. The van der Waals surface area contributed by atoms with Gasteiger partial charge in [-0.25, -0.2) is 14.5 Å². The second-order valence-corrected chi connectivity index (χ2v) is 8.22. The van der Waals surface area contributed by atoms with Crippen molar-refractivity contribution >= 4 is 28.6 Å². The first-order valence-electron chi connectivity index (χ1n) is 9.99. The highest BCUT2D eigenvalue weighted by atomic mass is 32.2. The fourth-order valence-corrected chi connectivity index (χ4v) is 4.54. The molecule has 2 aromatic heterocycles. The quantitative estimate of drug-likeness (QED) is 0.488. The smallest absolute Gasteiger partial charge is 0.267 e. The Morgan fingerprint density at radius 1 is 1.07 bits per heavy atom. The highest BCUT2D eigenvalue weighted by Crippen LogP contribution is 2.23. The maximum atomic E-state index is 13.3. The number of benzene rings is 1. The van der Waals surface area contributed by atoms with Crippen LogP contribution in [0.1, 0.15) is 31.2 Å². The maximum absolute atomic E-state index is 13.3. The van der Waals surface area contributed by atoms with E-state index in [-0.39, 0.29) is 17.2 Å². The molecule has 3 heterocycles. The van der Waals surface area contributed by atoms with Crippen molar-refractivity contribution in [3.05, 3.63) is 58.5 Å². The maximum Gasteiger partial charge on any atom is 0.267 e. The van der Waals surface area contributed by atoms with E-state index in [1.54, 1.807) is 12.3 Å². The predicted octanol–water partition coefficient (Wildman–Crippen LogP) is 3.58. The number of aromatic nitrogens is 3. The van der Waals surface area contributed by atoms with Gasteiger partial charge in [-0.1, -0.05) is 42.8 Å². The highest BCUT2D eigenvalue weighted by molar-refractivity contribution is 7.99. The minimum atomic E-state index is -0.165. The van der Waals surface area contributed by atoms with Gasteiger partial charge in [0.25, 0.3) is 5.56 Å². The molecule has 3 aromatic rings. The summed E-state index contributed by atoms with van der Waals surface area (Å²) in [5.41, 5.74) is 1.35. The molecule has 29 heavy (non-hydrogen) atoms. The van der Waals surface area contributed by atoms with E-state index in [0.717, 1.165) is 31.5 Å². The van der Waals surface area contributed by atoms with Crippen LogP contribution in [0.2, 0.25) is 0 Å². The zero-order chi connectivity index (χ0) is 20.2. The fourth-order valence-electron chi connectivity index (χ4n) is 3.65. The van der Waals surface area contributed by atoms with Crippen LogP contribution in [-0.4, -0.2) is 44.2 Å². The average Bonchev–Trinajstić information content (AvgIpc) is 3.03. The van der Waals surface area contributed by atoms with Crippen molar-refractivity contribution in [1.82, 2.24) is 19.4 Å². The summed E-state index contributed by atoms with van der Waals surface area (Å²) in [7, 11) is 0. The first kappa shape index (κ1) is 19.6. The monoisotopic (exact) mass is 408 g/mol. The molecule has 0 aliphatic carbocycles. The minimum absolute atomic E-state index is 0.101. The summed E-state index contributed by atoms with van der Waals surface area (Å²) in [6, 6.07) is 11.1. The SMILES string of the molecule is Cc1cccnc1-n1c(SCC(=O)N2CCCCCC2)nc2ccccc2c1=O. The number of aryl methyl sites for hydroxylation is 1. The average molecular weight is 409 g/mol. The van der Waals surface area contributed by atoms with Crippen molar-refractivity contribution in [3.63, 3.8) is 0 Å². The van der Waals surface area contributed by atoms with Gasteiger partial charge in [0.1, 0.15) is 5.82 Å². The van der Waals surface area contributed by atoms with Gasteiger partial charge in [0, 0.05) is 19.3 Å². The number of hydrogen-bond acceptors (Lipinski definition) is 5. The number of thioether (sulfide) groups is 1. The molecule has 1 fully saturated rings. The topological polar surface area (TPSA) is 68.1 Å². The van der Waals surface area contributed by atoms with Crippen LogP contribution in [0.15, 0.2) is 52.5 Å². The molecular formula is C22H24N4O2S. The van der Waals surface area contributed by atoms with E-state index < -0.39 is 0 Å². The molecule has 1 saturated heterocycles. The van der Waals surface area contributed by atoms with Crippen molar-refractivity contribution in [2.75, 3.05) is 18.8 Å². The third-order valence-electron chi connectivity index (χ3n) is 5.22. The van der Waals surface area contributed by atoms with Gasteiger partial charge < -0.3 is 4.90 Å². The van der Waals surface area contributed by atoms with Gasteiger partial charge in [0.2, 0.25) is 5.91 Å². The molecule has 1 aromatic carbocycles. The zero-order valence-corrected chi connectivity index (χ0v) is 17.3. The second-order valence-electron chi connectivity index (χ2n) is 7.28. The first-order chi connectivity index (χ1) is 14.1. The van der Waals surface area contributed by atoms with Gasteiger partial charge >= 0.3 is 0 Å². The van der Waals surface area contributed by atoms with Crippen LogP contribution in [0.5, 0.6) is 0 Å². The lowest BCUT2D eigenvalue weighted by Crippen LogP contribution is -2.33. The van der Waals surface area contributed by atoms with E-state index in [1.165, 1.54) is 29.2 Å². The van der Waals surface area contributed by atoms with Crippen molar-refractivity contribution in [2.24, 2.45) is 0 Å². The summed E-state index contributed by atoms with van der Waals surface area (Å²) in [6.45, 7) is 3.55. The Morgan fingerprint density at radius 2 is 1.83 bits per heavy atom. The highest BCUT2D eigenvalue weighted by Gasteiger charge is 2.19. The van der Waals surface area contributed by atoms with Crippen molar-refractivity contribution in [2.45, 2.75) is 37.8 Å². The second kappa shape index (κ2) is 8.78. The summed E-state index contributed by atoms with van der Waals surface area (Å²) in [5.74, 6) is 0.917. The molecule has 0 atom stereocenters. The Bertz CT molecular complexity index is 1090. The summed E-state index contributed by atoms with van der Waals surface area (Å²) in [6.07, 6.45) is 6.15. The van der Waals surface area contributed by atoms with Crippen molar-refractivity contribution < 1.29 is 4.79 Å². The van der Waals surface area contributed by atoms with Gasteiger partial charge in [-0.3, -0.25) is 9.59 Å². The van der Waals surface area contributed by atoms with E-state index in [0.29, 0.717) is 21.9 Å². The number of carbonyl (C=O) groups excluding carboxylic acids is 1. The lowest BCUT2D eigenvalue weighted by Gasteiger charge is -2.20. The lowest BCUT2D eigenvalue weighted by atomic mass is 10.2. The van der Waals surface area contributed by atoms with E-state index in [1.807, 2.05) is 42.2 Å². The van der Waals surface area contributed by atoms with Gasteiger partial charge in [-0.15, -0.1) is 0 Å². The molecule has 4 rings (SSSR count). The Kier molecular flexibility index (Phi) is 5.94. The van der Waals surface area contributed by atoms with Crippen LogP contribution in [-0.2, 0) is 4.79 Å². The van der Waals surface area contributed by atoms with Crippen LogP contribution in [0.4, 0.5) is 0 Å². The third kappa shape index (κ3) is 4.19. The van der Waals surface area contributed by atoms with Gasteiger partial charge in [0.05, 0.1) is 16.7 Å². The number of amides is 1. The fraction of sp³-hybridized carbons (Fsp3) is 0.364. The Morgan fingerprint density at radius 3 is 2.59 bits per heavy atom. The normalized spacial score (nSPS) is 14.7. The van der Waals surface area contributed by atoms with Gasteiger partial charge in [-0.2, -0.15) is 0 Å². The Labute approximate surface area is 174 Å². The van der Waals surface area contributed by atoms with E-state index in [9.17, 15) is 9.59 Å². The number of hydrogen-bond donors (Lipinski definition) is 0. The van der Waals surface area contributed by atoms with E-state index in [4.69, 9.17) is 4.98 Å². The number of carbonyl (C=O) groups is 1. The van der Waals surface area contributed by atoms with Crippen LogP contribution in [0.3, 0.4) is 0 Å². The molecule has 6 nitrogen and oxygen atoms in total. The number of para-hydroxylation sites is 1. The van der Waals surface area contributed by atoms with Gasteiger partial charge in [0.15, 0.2) is 5.16 Å². The molecule has 1 amide bonds. The largest absolute Gasteiger partial charge is 0.342 e. The predicted molar refractivity (Wildman–Crippen MR) is 116 cm³/mol. The minimum Gasteiger partial charge on any atom is -0.342 e. The van der Waals surface area contributed by atoms with Crippen LogP contribution in [0.25, 0.3) is 16.7 Å². The van der Waals surface area contributed by atoms with E-state index in [2.05, 4.69) is 4.98 Å². The van der Waals surface area contributed by atoms with Crippen LogP contribution in [0, 0.1) is 6.92 Å². The molecule has 0 radical (unpaired) electrons. The Hall–Kier alpha value is -2.67. The molecule has 0 spiro atoms. The summed E-state index contributed by atoms with van der Waals surface area (Å²) in [4.78, 5) is 37.1. The molecule has 1 aliphatic rings. The van der Waals surface area contributed by atoms with Gasteiger partial charge in [-0.05, 0) is 43.5 Å². The molecule has 150 valence electrons. The molecule has 0 bridgehead atoms. The molecule has 7 heteroatoms. The molecular weight excluding hydrogens is 384 g/mol. The first-order valence-corrected chi connectivity index (χ1v) is 11.0. The standard InChI is InChI=1S/C22H24N4O2S/c1-16-9-8-12-23-20(16)26-21(28)17-10-4-5-11-18(17)24-22(26)29-15-19(27)25-13-6-2-3-7-14-25/h4-5,8-12H,2-3,6-7,13-15H2,1H3. The number of nitrogens with zero attached hydrogens (tertiary/aromatic N) is 4. The number of rotatable bonds is 4. The summed E-state index contributed by atoms with van der Waals surface area (Å²) in [5, 5.41) is 1.04. The van der Waals surface area contributed by atoms with Crippen LogP contribution >= 0.6 is 11.8 Å². The zero-order valence-electron chi connectivity index (χ0n) is 16.5. The molecule has 0 N–H and O–H groups in total. The molecule has 0 unspecified atom stereocenters. The molecule has 0 saturated carbocycles. The molecule has 1 aliphatic heterocycles. The third-order valence-corrected chi connectivity index (χ3v) is 6.15. The van der Waals surface area contributed by atoms with E-state index >= 15 is 0 Å². The number of likely N-dealkylation sites (tertiary alicyclic amines) is 1. The lowest BCUT2D eigenvalue weighted by molar-refractivity contribution is -0.128. The summed E-state index contributed by atoms with van der Waals surface area (Å²) >= 11 is 1.31. The van der Waals surface area contributed by atoms with Crippen LogP contribution < -0.4 is 5.56 Å². The van der Waals surface area contributed by atoms with Crippen molar-refractivity contribution in [1.29, 1.82) is 0 Å². The number of fused-ring (bicyclic) bond motifs is 1. The Balaban J connectivity index is 1.71. The van der Waals surface area contributed by atoms with Crippen molar-refractivity contribution in [3.8, 4) is 5.82 Å². The number of pyridine rings is 1.